The maximum atomic E-state index is 5.98. The number of nitrogens with two attached hydrogens (primary N) is 1. The molecule has 2 fully saturated rings. The second kappa shape index (κ2) is 3.34. The lowest BCUT2D eigenvalue weighted by Gasteiger charge is -2.21. The van der Waals surface area contributed by atoms with Crippen LogP contribution in [0.1, 0.15) is 50.4 Å². The summed E-state index contributed by atoms with van der Waals surface area (Å²) in [7, 11) is 0. The molecular formula is C12H19N3. The Morgan fingerprint density at radius 3 is 2.40 bits per heavy atom. The van der Waals surface area contributed by atoms with Crippen molar-refractivity contribution < 1.29 is 0 Å². The zero-order chi connectivity index (χ0) is 10.4. The van der Waals surface area contributed by atoms with Gasteiger partial charge in [0.2, 0.25) is 0 Å². The van der Waals surface area contributed by atoms with Crippen molar-refractivity contribution in [2.75, 3.05) is 0 Å². The Kier molecular flexibility index (Phi) is 2.09. The molecule has 0 aromatic carbocycles. The number of rotatable bonds is 4. The minimum Gasteiger partial charge on any atom is -0.330 e. The van der Waals surface area contributed by atoms with Gasteiger partial charge in [-0.2, -0.15) is 0 Å². The molecular weight excluding hydrogens is 186 g/mol. The molecule has 3 nitrogen and oxygen atoms in total. The van der Waals surface area contributed by atoms with E-state index in [-0.39, 0.29) is 6.04 Å². The van der Waals surface area contributed by atoms with Crippen molar-refractivity contribution in [1.29, 1.82) is 0 Å². The molecule has 2 saturated carbocycles. The van der Waals surface area contributed by atoms with Crippen molar-refractivity contribution in [3.8, 4) is 0 Å². The molecule has 0 spiro atoms. The normalized spacial score (nSPS) is 23.4. The molecule has 3 rings (SSSR count). The Balaban J connectivity index is 1.91. The Morgan fingerprint density at radius 2 is 1.93 bits per heavy atom. The van der Waals surface area contributed by atoms with E-state index >= 15 is 0 Å². The quantitative estimate of drug-likeness (QED) is 0.819. The van der Waals surface area contributed by atoms with Crippen molar-refractivity contribution in [3.63, 3.8) is 0 Å². The second-order valence-corrected chi connectivity index (χ2v) is 5.18. The molecule has 0 bridgehead atoms. The third-order valence-electron chi connectivity index (χ3n) is 3.69. The fourth-order valence-electron chi connectivity index (χ4n) is 2.63. The molecule has 2 N–H and O–H groups in total. The fraction of sp³-hybridized carbons (Fsp3) is 0.750. The van der Waals surface area contributed by atoms with Gasteiger partial charge in [-0.15, -0.1) is 0 Å². The Bertz CT molecular complexity index is 336. The zero-order valence-electron chi connectivity index (χ0n) is 9.26. The first-order chi connectivity index (χ1) is 7.27. The van der Waals surface area contributed by atoms with Crippen molar-refractivity contribution in [2.24, 2.45) is 17.6 Å². The van der Waals surface area contributed by atoms with Gasteiger partial charge in [-0.3, -0.25) is 0 Å². The van der Waals surface area contributed by atoms with Crippen LogP contribution in [0.15, 0.2) is 12.5 Å². The first kappa shape index (κ1) is 9.40. The van der Waals surface area contributed by atoms with Gasteiger partial charge in [0.1, 0.15) is 0 Å². The molecule has 0 aliphatic heterocycles. The first-order valence-electron chi connectivity index (χ1n) is 6.04. The van der Waals surface area contributed by atoms with Crippen LogP contribution in [0.25, 0.3) is 0 Å². The number of hydrogen-bond donors (Lipinski definition) is 1. The van der Waals surface area contributed by atoms with Crippen LogP contribution < -0.4 is 5.73 Å². The second-order valence-electron chi connectivity index (χ2n) is 5.18. The standard InChI is InChI=1S/C12H19N3/c1-8(13)11-6-14-7-15(11)12(9-2-3-9)10-4-5-10/h6-10,12H,2-5,13H2,1H3. The molecule has 1 heterocycles. The van der Waals surface area contributed by atoms with E-state index in [1.807, 2.05) is 19.4 Å². The van der Waals surface area contributed by atoms with Gasteiger partial charge >= 0.3 is 0 Å². The molecule has 3 heteroatoms. The van der Waals surface area contributed by atoms with Crippen LogP contribution in [0, 0.1) is 11.8 Å². The highest BCUT2D eigenvalue weighted by atomic mass is 15.1. The first-order valence-corrected chi connectivity index (χ1v) is 6.04. The molecule has 0 radical (unpaired) electrons. The minimum atomic E-state index is 0.104. The lowest BCUT2D eigenvalue weighted by Crippen LogP contribution is -2.19. The zero-order valence-corrected chi connectivity index (χ0v) is 9.26. The number of nitrogens with zero attached hydrogens (tertiary/aromatic N) is 2. The van der Waals surface area contributed by atoms with Gasteiger partial charge in [0.25, 0.3) is 0 Å². The van der Waals surface area contributed by atoms with Crippen LogP contribution in [0.2, 0.25) is 0 Å². The van der Waals surface area contributed by atoms with Gasteiger partial charge in [-0.1, -0.05) is 0 Å². The molecule has 1 unspecified atom stereocenters. The van der Waals surface area contributed by atoms with E-state index in [4.69, 9.17) is 5.73 Å². The van der Waals surface area contributed by atoms with E-state index < -0.39 is 0 Å². The van der Waals surface area contributed by atoms with Gasteiger partial charge in [0.05, 0.1) is 12.0 Å². The van der Waals surface area contributed by atoms with Crippen molar-refractivity contribution in [1.82, 2.24) is 9.55 Å². The predicted molar refractivity (Wildman–Crippen MR) is 59.3 cm³/mol. The minimum absolute atomic E-state index is 0.104. The highest BCUT2D eigenvalue weighted by Crippen LogP contribution is 2.52. The highest BCUT2D eigenvalue weighted by Gasteiger charge is 2.43. The third-order valence-corrected chi connectivity index (χ3v) is 3.69. The molecule has 82 valence electrons. The van der Waals surface area contributed by atoms with E-state index in [9.17, 15) is 0 Å². The lowest BCUT2D eigenvalue weighted by molar-refractivity contribution is 0.379. The molecule has 1 aromatic heterocycles. The summed E-state index contributed by atoms with van der Waals surface area (Å²) in [4.78, 5) is 4.27. The lowest BCUT2D eigenvalue weighted by atomic mass is 10.1. The van der Waals surface area contributed by atoms with Crippen LogP contribution in [0.3, 0.4) is 0 Å². The van der Waals surface area contributed by atoms with Crippen molar-refractivity contribution in [2.45, 2.75) is 44.7 Å². The van der Waals surface area contributed by atoms with E-state index in [0.29, 0.717) is 6.04 Å². The smallest absolute Gasteiger partial charge is 0.0951 e. The van der Waals surface area contributed by atoms with Crippen molar-refractivity contribution in [3.05, 3.63) is 18.2 Å². The Morgan fingerprint density at radius 1 is 1.33 bits per heavy atom. The fourth-order valence-corrected chi connectivity index (χ4v) is 2.63. The van der Waals surface area contributed by atoms with E-state index in [2.05, 4.69) is 9.55 Å². The maximum absolute atomic E-state index is 5.98. The third kappa shape index (κ3) is 1.69. The average Bonchev–Trinajstić information content (AvgIpc) is 3.07. The summed E-state index contributed by atoms with van der Waals surface area (Å²) in [5.41, 5.74) is 7.18. The number of aromatic nitrogens is 2. The van der Waals surface area contributed by atoms with Gasteiger partial charge < -0.3 is 10.3 Å². The highest BCUT2D eigenvalue weighted by molar-refractivity contribution is 5.09. The van der Waals surface area contributed by atoms with Crippen LogP contribution >= 0.6 is 0 Å². The maximum Gasteiger partial charge on any atom is 0.0951 e. The van der Waals surface area contributed by atoms with Gasteiger partial charge in [-0.05, 0) is 44.4 Å². The summed E-state index contributed by atoms with van der Waals surface area (Å²) < 4.78 is 2.36. The Hall–Kier alpha value is -0.830. The summed E-state index contributed by atoms with van der Waals surface area (Å²) in [5, 5.41) is 0. The van der Waals surface area contributed by atoms with Gasteiger partial charge in [0.15, 0.2) is 0 Å². The summed E-state index contributed by atoms with van der Waals surface area (Å²) in [6.07, 6.45) is 9.52. The van der Waals surface area contributed by atoms with Crippen LogP contribution in [0.4, 0.5) is 0 Å². The van der Waals surface area contributed by atoms with E-state index in [0.717, 1.165) is 11.8 Å². The molecule has 2 aliphatic rings. The van der Waals surface area contributed by atoms with E-state index in [1.54, 1.807) is 0 Å². The van der Waals surface area contributed by atoms with Crippen LogP contribution in [-0.2, 0) is 0 Å². The van der Waals surface area contributed by atoms with Crippen molar-refractivity contribution >= 4 is 0 Å². The molecule has 1 aromatic rings. The molecule has 15 heavy (non-hydrogen) atoms. The largest absolute Gasteiger partial charge is 0.330 e. The predicted octanol–water partition coefficient (Wildman–Crippen LogP) is 2.26. The van der Waals surface area contributed by atoms with Gasteiger partial charge in [0, 0.05) is 18.3 Å². The van der Waals surface area contributed by atoms with E-state index in [1.165, 1.54) is 31.4 Å². The summed E-state index contributed by atoms with van der Waals surface area (Å²) in [5.74, 6) is 1.81. The van der Waals surface area contributed by atoms with Gasteiger partial charge in [-0.25, -0.2) is 4.98 Å². The topological polar surface area (TPSA) is 43.8 Å². The molecule has 1 atom stereocenters. The number of imidazole rings is 1. The van der Waals surface area contributed by atoms with Crippen LogP contribution in [-0.4, -0.2) is 9.55 Å². The van der Waals surface area contributed by atoms with Crippen LogP contribution in [0.5, 0.6) is 0 Å². The molecule has 2 aliphatic carbocycles. The summed E-state index contributed by atoms with van der Waals surface area (Å²) in [6.45, 7) is 2.05. The average molecular weight is 205 g/mol. The summed E-state index contributed by atoms with van der Waals surface area (Å²) in [6, 6.07) is 0.806. The SMILES string of the molecule is CC(N)c1cncn1C(C1CC1)C1CC1. The molecule has 0 amide bonds. The monoisotopic (exact) mass is 205 g/mol. The molecule has 0 saturated heterocycles. The summed E-state index contributed by atoms with van der Waals surface area (Å²) >= 11 is 0. The number of hydrogen-bond acceptors (Lipinski definition) is 2. The Labute approximate surface area is 90.7 Å².